The second kappa shape index (κ2) is 8.71. The maximum Gasteiger partial charge on any atom is 0.323 e. The molecule has 0 amide bonds. The fraction of sp³-hybridized carbons (Fsp3) is 0.938. The van der Waals surface area contributed by atoms with Crippen LogP contribution in [-0.4, -0.2) is 73.7 Å². The summed E-state index contributed by atoms with van der Waals surface area (Å²) in [5.41, 5.74) is 0. The Labute approximate surface area is 129 Å². The standard InChI is InChI=1S/C16H31N3O2/c1-3-17-15(16(20)21-4-2)8-12-18-9-6-11-19-10-5-7-14(19)13-18/h14-15,17H,3-13H2,1-2H3. The minimum atomic E-state index is -0.155. The van der Waals surface area contributed by atoms with Gasteiger partial charge in [0.2, 0.25) is 0 Å². The average Bonchev–Trinajstić information content (AvgIpc) is 2.81. The van der Waals surface area contributed by atoms with Crippen LogP contribution in [0.5, 0.6) is 0 Å². The molecular formula is C16H31N3O2. The molecule has 0 aromatic carbocycles. The highest BCUT2D eigenvalue weighted by Crippen LogP contribution is 2.21. The van der Waals surface area contributed by atoms with E-state index in [4.69, 9.17) is 4.74 Å². The minimum Gasteiger partial charge on any atom is -0.465 e. The lowest BCUT2D eigenvalue weighted by atomic mass is 10.1. The van der Waals surface area contributed by atoms with E-state index >= 15 is 0 Å². The van der Waals surface area contributed by atoms with Crippen LogP contribution in [0.1, 0.15) is 39.5 Å². The SMILES string of the molecule is CCNC(CCN1CCCN2CCCC2C1)C(=O)OCC. The minimum absolute atomic E-state index is 0.100. The molecule has 2 rings (SSSR count). The number of ether oxygens (including phenoxy) is 1. The first-order chi connectivity index (χ1) is 10.2. The van der Waals surface area contributed by atoms with E-state index in [0.29, 0.717) is 6.61 Å². The van der Waals surface area contributed by atoms with Gasteiger partial charge in [-0.2, -0.15) is 0 Å². The Morgan fingerprint density at radius 2 is 2.10 bits per heavy atom. The van der Waals surface area contributed by atoms with Crippen LogP contribution < -0.4 is 5.32 Å². The lowest BCUT2D eigenvalue weighted by Gasteiger charge is -2.26. The van der Waals surface area contributed by atoms with Gasteiger partial charge in [-0.15, -0.1) is 0 Å². The number of rotatable bonds is 7. The molecule has 0 aromatic rings. The van der Waals surface area contributed by atoms with Gasteiger partial charge >= 0.3 is 5.97 Å². The molecule has 0 bridgehead atoms. The van der Waals surface area contributed by atoms with Gasteiger partial charge in [-0.25, -0.2) is 0 Å². The molecule has 2 aliphatic rings. The number of hydrogen-bond donors (Lipinski definition) is 1. The summed E-state index contributed by atoms with van der Waals surface area (Å²) in [7, 11) is 0. The second-order valence-corrected chi connectivity index (χ2v) is 6.14. The summed E-state index contributed by atoms with van der Waals surface area (Å²) in [5, 5.41) is 3.26. The Kier molecular flexibility index (Phi) is 6.93. The first kappa shape index (κ1) is 16.7. The topological polar surface area (TPSA) is 44.8 Å². The van der Waals surface area contributed by atoms with E-state index < -0.39 is 0 Å². The van der Waals surface area contributed by atoms with Gasteiger partial charge in [0.05, 0.1) is 6.61 Å². The number of carbonyl (C=O) groups is 1. The Bertz CT molecular complexity index is 325. The predicted octanol–water partition coefficient (Wildman–Crippen LogP) is 1.09. The van der Waals surface area contributed by atoms with Crippen molar-refractivity contribution in [3.63, 3.8) is 0 Å². The smallest absolute Gasteiger partial charge is 0.323 e. The van der Waals surface area contributed by atoms with E-state index in [1.807, 2.05) is 13.8 Å². The summed E-state index contributed by atoms with van der Waals surface area (Å²) in [6.07, 6.45) is 4.79. The van der Waals surface area contributed by atoms with Gasteiger partial charge in [0.1, 0.15) is 6.04 Å². The molecule has 2 fully saturated rings. The maximum atomic E-state index is 11.9. The third-order valence-electron chi connectivity index (χ3n) is 4.64. The first-order valence-corrected chi connectivity index (χ1v) is 8.61. The number of nitrogens with zero attached hydrogens (tertiary/aromatic N) is 2. The van der Waals surface area contributed by atoms with Crippen molar-refractivity contribution < 1.29 is 9.53 Å². The predicted molar refractivity (Wildman–Crippen MR) is 84.4 cm³/mol. The van der Waals surface area contributed by atoms with Crippen molar-refractivity contribution in [2.45, 2.75) is 51.6 Å². The van der Waals surface area contributed by atoms with E-state index in [0.717, 1.165) is 32.1 Å². The van der Waals surface area contributed by atoms with Crippen molar-refractivity contribution >= 4 is 5.97 Å². The van der Waals surface area contributed by atoms with E-state index in [1.54, 1.807) is 0 Å². The van der Waals surface area contributed by atoms with Gasteiger partial charge in [0, 0.05) is 19.1 Å². The zero-order valence-corrected chi connectivity index (χ0v) is 13.6. The highest BCUT2D eigenvalue weighted by molar-refractivity contribution is 5.75. The van der Waals surface area contributed by atoms with Crippen LogP contribution in [0.4, 0.5) is 0 Å². The highest BCUT2D eigenvalue weighted by Gasteiger charge is 2.29. The molecule has 0 saturated carbocycles. The third-order valence-corrected chi connectivity index (χ3v) is 4.64. The quantitative estimate of drug-likeness (QED) is 0.713. The molecule has 2 atom stereocenters. The molecule has 0 radical (unpaired) electrons. The number of fused-ring (bicyclic) bond motifs is 1. The summed E-state index contributed by atoms with van der Waals surface area (Å²) < 4.78 is 5.16. The Balaban J connectivity index is 1.80. The van der Waals surface area contributed by atoms with E-state index in [2.05, 4.69) is 15.1 Å². The van der Waals surface area contributed by atoms with Crippen molar-refractivity contribution in [2.75, 3.05) is 45.9 Å². The van der Waals surface area contributed by atoms with Crippen LogP contribution in [0.3, 0.4) is 0 Å². The number of nitrogens with one attached hydrogen (secondary N) is 1. The molecule has 5 nitrogen and oxygen atoms in total. The number of carbonyl (C=O) groups excluding carboxylic acids is 1. The van der Waals surface area contributed by atoms with Crippen molar-refractivity contribution in [1.82, 2.24) is 15.1 Å². The Morgan fingerprint density at radius 3 is 2.86 bits per heavy atom. The van der Waals surface area contributed by atoms with Crippen molar-refractivity contribution in [1.29, 1.82) is 0 Å². The molecule has 2 aliphatic heterocycles. The molecule has 5 heteroatoms. The van der Waals surface area contributed by atoms with Gasteiger partial charge in [-0.1, -0.05) is 6.92 Å². The van der Waals surface area contributed by atoms with E-state index in [1.165, 1.54) is 38.9 Å². The fourth-order valence-electron chi connectivity index (χ4n) is 3.59. The van der Waals surface area contributed by atoms with Gasteiger partial charge in [-0.05, 0) is 58.8 Å². The molecule has 1 N–H and O–H groups in total. The molecule has 21 heavy (non-hydrogen) atoms. The van der Waals surface area contributed by atoms with Crippen molar-refractivity contribution in [2.24, 2.45) is 0 Å². The molecule has 2 unspecified atom stereocenters. The van der Waals surface area contributed by atoms with Gasteiger partial charge < -0.3 is 15.0 Å². The molecule has 0 aliphatic carbocycles. The van der Waals surface area contributed by atoms with Crippen molar-refractivity contribution in [3.8, 4) is 0 Å². The summed E-state index contributed by atoms with van der Waals surface area (Å²) in [6.45, 7) is 11.0. The number of esters is 1. The van der Waals surface area contributed by atoms with Crippen LogP contribution in [0.2, 0.25) is 0 Å². The first-order valence-electron chi connectivity index (χ1n) is 8.61. The Hall–Kier alpha value is -0.650. The van der Waals surface area contributed by atoms with E-state index in [-0.39, 0.29) is 12.0 Å². The fourth-order valence-corrected chi connectivity index (χ4v) is 3.59. The molecule has 122 valence electrons. The van der Waals surface area contributed by atoms with Crippen LogP contribution in [0.15, 0.2) is 0 Å². The van der Waals surface area contributed by atoms with Gasteiger partial charge in [0.25, 0.3) is 0 Å². The molecule has 0 aromatic heterocycles. The largest absolute Gasteiger partial charge is 0.465 e. The molecule has 2 heterocycles. The summed E-state index contributed by atoms with van der Waals surface area (Å²) in [6, 6.07) is 0.588. The monoisotopic (exact) mass is 297 g/mol. The van der Waals surface area contributed by atoms with Crippen molar-refractivity contribution in [3.05, 3.63) is 0 Å². The summed E-state index contributed by atoms with van der Waals surface area (Å²) in [5.74, 6) is -0.100. The summed E-state index contributed by atoms with van der Waals surface area (Å²) >= 11 is 0. The molecular weight excluding hydrogens is 266 g/mol. The average molecular weight is 297 g/mol. The zero-order valence-electron chi connectivity index (χ0n) is 13.6. The highest BCUT2D eigenvalue weighted by atomic mass is 16.5. The third kappa shape index (κ3) is 4.94. The summed E-state index contributed by atoms with van der Waals surface area (Å²) in [4.78, 5) is 17.1. The lowest BCUT2D eigenvalue weighted by molar-refractivity contribution is -0.145. The van der Waals surface area contributed by atoms with Gasteiger partial charge in [-0.3, -0.25) is 9.69 Å². The number of likely N-dealkylation sites (N-methyl/N-ethyl adjacent to an activating group) is 1. The van der Waals surface area contributed by atoms with Crippen LogP contribution in [0, 0.1) is 0 Å². The van der Waals surface area contributed by atoms with Crippen LogP contribution >= 0.6 is 0 Å². The normalized spacial score (nSPS) is 25.3. The van der Waals surface area contributed by atoms with Gasteiger partial charge in [0.15, 0.2) is 0 Å². The Morgan fingerprint density at radius 1 is 1.29 bits per heavy atom. The second-order valence-electron chi connectivity index (χ2n) is 6.14. The lowest BCUT2D eigenvalue weighted by Crippen LogP contribution is -2.42. The van der Waals surface area contributed by atoms with E-state index in [9.17, 15) is 4.79 Å². The number of hydrogen-bond acceptors (Lipinski definition) is 5. The zero-order chi connectivity index (χ0) is 15.1. The molecule has 2 saturated heterocycles. The molecule has 0 spiro atoms. The van der Waals surface area contributed by atoms with Crippen LogP contribution in [-0.2, 0) is 9.53 Å². The van der Waals surface area contributed by atoms with Crippen LogP contribution in [0.25, 0.3) is 0 Å². The maximum absolute atomic E-state index is 11.9.